The summed E-state index contributed by atoms with van der Waals surface area (Å²) in [6, 6.07) is 16.1. The molecule has 0 bridgehead atoms. The number of aryl methyl sites for hydroxylation is 1. The van der Waals surface area contributed by atoms with Crippen LogP contribution in [0.3, 0.4) is 0 Å². The molecule has 1 aromatic carbocycles. The molecular weight excluding hydrogens is 448 g/mol. The van der Waals surface area contributed by atoms with Crippen LogP contribution in [0.1, 0.15) is 69.7 Å². The zero-order valence-corrected chi connectivity index (χ0v) is 22.7. The Morgan fingerprint density at radius 1 is 1.17 bits per heavy atom. The average molecular weight is 487 g/mol. The molecule has 0 unspecified atom stereocenters. The number of hydrogen-bond donors (Lipinski definition) is 1. The van der Waals surface area contributed by atoms with Crippen LogP contribution in [0.25, 0.3) is 10.9 Å². The molecule has 5 rings (SSSR count). The maximum Gasteiger partial charge on any atom is 0.192 e. The first kappa shape index (κ1) is 24.1. The summed E-state index contributed by atoms with van der Waals surface area (Å²) in [7, 11) is -1.91. The Labute approximate surface area is 210 Å². The number of benzene rings is 1. The van der Waals surface area contributed by atoms with E-state index in [1.807, 2.05) is 6.20 Å². The minimum atomic E-state index is -1.91. The van der Waals surface area contributed by atoms with E-state index in [9.17, 15) is 5.26 Å². The van der Waals surface area contributed by atoms with Gasteiger partial charge < -0.3 is 14.3 Å². The van der Waals surface area contributed by atoms with E-state index in [1.165, 1.54) is 22.0 Å². The first-order valence-electron chi connectivity index (χ1n) is 13.0. The van der Waals surface area contributed by atoms with Crippen molar-refractivity contribution in [1.29, 1.82) is 5.26 Å². The van der Waals surface area contributed by atoms with Gasteiger partial charge in [0, 0.05) is 30.2 Å². The molecule has 184 valence electrons. The third-order valence-electron chi connectivity index (χ3n) is 8.69. The van der Waals surface area contributed by atoms with Crippen LogP contribution in [0.15, 0.2) is 48.8 Å². The van der Waals surface area contributed by atoms with Gasteiger partial charge in [-0.1, -0.05) is 45.0 Å². The Kier molecular flexibility index (Phi) is 6.27. The fraction of sp³-hybridized carbons (Fsp3) is 0.517. The van der Waals surface area contributed by atoms with E-state index < -0.39 is 8.32 Å². The third kappa shape index (κ3) is 4.52. The van der Waals surface area contributed by atoms with E-state index in [0.29, 0.717) is 18.5 Å². The number of hydrogen-bond acceptors (Lipinski definition) is 4. The Hall–Kier alpha value is -2.62. The molecule has 2 aromatic heterocycles. The van der Waals surface area contributed by atoms with Gasteiger partial charge >= 0.3 is 0 Å². The number of nitrogens with one attached hydrogen (secondary N) is 1. The fourth-order valence-corrected chi connectivity index (χ4v) is 7.11. The summed E-state index contributed by atoms with van der Waals surface area (Å²) in [6.45, 7) is 11.5. The van der Waals surface area contributed by atoms with Crippen LogP contribution in [-0.4, -0.2) is 24.0 Å². The highest BCUT2D eigenvalue weighted by Crippen LogP contribution is 2.45. The minimum absolute atomic E-state index is 0.146. The van der Waals surface area contributed by atoms with Crippen molar-refractivity contribution < 1.29 is 4.43 Å². The average Bonchev–Trinajstić information content (AvgIpc) is 3.51. The topological polar surface area (TPSA) is 62.9 Å². The van der Waals surface area contributed by atoms with Gasteiger partial charge in [0.2, 0.25) is 0 Å². The molecule has 1 fully saturated rings. The van der Waals surface area contributed by atoms with E-state index in [0.717, 1.165) is 31.5 Å². The number of anilines is 1. The van der Waals surface area contributed by atoms with Crippen molar-refractivity contribution in [1.82, 2.24) is 9.55 Å². The summed E-state index contributed by atoms with van der Waals surface area (Å²) < 4.78 is 9.27. The van der Waals surface area contributed by atoms with E-state index in [1.54, 1.807) is 0 Å². The second-order valence-corrected chi connectivity index (χ2v) is 16.7. The van der Waals surface area contributed by atoms with Crippen molar-refractivity contribution in [3.8, 4) is 6.07 Å². The molecule has 2 aliphatic carbocycles. The Morgan fingerprint density at radius 2 is 1.97 bits per heavy atom. The summed E-state index contributed by atoms with van der Waals surface area (Å²) in [5.74, 6) is 1.24. The van der Waals surface area contributed by atoms with Crippen LogP contribution in [-0.2, 0) is 10.8 Å². The molecule has 1 N–H and O–H groups in total. The molecule has 0 spiro atoms. The Morgan fingerprint density at radius 3 is 2.74 bits per heavy atom. The highest BCUT2D eigenvalue weighted by Gasteiger charge is 2.44. The van der Waals surface area contributed by atoms with Crippen molar-refractivity contribution in [3.63, 3.8) is 0 Å². The Bertz CT molecular complexity index is 1250. The van der Waals surface area contributed by atoms with E-state index >= 15 is 0 Å². The molecular formula is C29H38N4OSi. The van der Waals surface area contributed by atoms with Gasteiger partial charge in [0.15, 0.2) is 8.32 Å². The van der Waals surface area contributed by atoms with Gasteiger partial charge in [-0.3, -0.25) is 0 Å². The van der Waals surface area contributed by atoms with Crippen LogP contribution >= 0.6 is 0 Å². The third-order valence-corrected chi connectivity index (χ3v) is 13.2. The summed E-state index contributed by atoms with van der Waals surface area (Å²) in [5.41, 5.74) is 4.05. The molecule has 0 radical (unpaired) electrons. The van der Waals surface area contributed by atoms with Crippen LogP contribution in [0, 0.1) is 17.2 Å². The van der Waals surface area contributed by atoms with Crippen molar-refractivity contribution >= 4 is 25.0 Å². The summed E-state index contributed by atoms with van der Waals surface area (Å²) in [6.07, 6.45) is 9.00. The van der Waals surface area contributed by atoms with Crippen LogP contribution in [0.2, 0.25) is 18.1 Å². The van der Waals surface area contributed by atoms with E-state index in [-0.39, 0.29) is 17.1 Å². The zero-order valence-electron chi connectivity index (χ0n) is 21.7. The highest BCUT2D eigenvalue weighted by atomic mass is 28.4. The molecule has 6 heteroatoms. The lowest BCUT2D eigenvalue weighted by molar-refractivity contribution is 0.141. The number of fused-ring (bicyclic) bond motifs is 2. The number of pyridine rings is 1. The van der Waals surface area contributed by atoms with Crippen molar-refractivity contribution in [2.45, 2.75) is 89.2 Å². The Balaban J connectivity index is 1.39. The van der Waals surface area contributed by atoms with Crippen LogP contribution in [0.4, 0.5) is 5.82 Å². The van der Waals surface area contributed by atoms with Gasteiger partial charge in [-0.05, 0) is 73.0 Å². The first-order valence-corrected chi connectivity index (χ1v) is 15.9. The standard InChI is InChI=1S/C29H38N4OSi/c1-29(2,3)35(4,5)34-27-19-22(18-21(27)12-15-30)33-17-14-24-26(33)13-16-31-28(24)32-25-11-10-20-8-6-7-9-23(20)25/h6-9,13-14,16-17,21-22,25,27H,10-12,18-19H2,1-5H3,(H,31,32)/t21-,22-,25+,27+/m1/s1. The number of aromatic nitrogens is 2. The number of nitrogens with zero attached hydrogens (tertiary/aromatic N) is 3. The van der Waals surface area contributed by atoms with Gasteiger partial charge in [0.1, 0.15) is 5.82 Å². The van der Waals surface area contributed by atoms with Gasteiger partial charge in [-0.2, -0.15) is 5.26 Å². The molecule has 5 nitrogen and oxygen atoms in total. The second kappa shape index (κ2) is 9.11. The predicted molar refractivity (Wildman–Crippen MR) is 145 cm³/mol. The van der Waals surface area contributed by atoms with Gasteiger partial charge in [-0.15, -0.1) is 0 Å². The van der Waals surface area contributed by atoms with E-state index in [2.05, 4.69) is 92.4 Å². The SMILES string of the molecule is CC(C)(C)[Si](C)(C)O[C@H]1C[C@H](n2ccc3c(N[C@H]4CCc5ccccc54)nccc32)C[C@H]1CC#N. The quantitative estimate of drug-likeness (QED) is 0.369. The highest BCUT2D eigenvalue weighted by molar-refractivity contribution is 6.74. The molecule has 0 saturated heterocycles. The largest absolute Gasteiger partial charge is 0.414 e. The van der Waals surface area contributed by atoms with Gasteiger partial charge in [0.25, 0.3) is 0 Å². The van der Waals surface area contributed by atoms with Gasteiger partial charge in [0.05, 0.1) is 23.7 Å². The van der Waals surface area contributed by atoms with Crippen molar-refractivity contribution in [3.05, 3.63) is 59.9 Å². The maximum atomic E-state index is 9.52. The number of nitriles is 1. The van der Waals surface area contributed by atoms with Crippen LogP contribution in [0.5, 0.6) is 0 Å². The zero-order chi connectivity index (χ0) is 24.8. The van der Waals surface area contributed by atoms with Gasteiger partial charge in [-0.25, -0.2) is 4.98 Å². The molecule has 2 aliphatic rings. The molecule has 0 amide bonds. The minimum Gasteiger partial charge on any atom is -0.414 e. The van der Waals surface area contributed by atoms with Crippen molar-refractivity contribution in [2.75, 3.05) is 5.32 Å². The lowest BCUT2D eigenvalue weighted by atomic mass is 10.0. The lowest BCUT2D eigenvalue weighted by Gasteiger charge is -2.39. The molecule has 1 saturated carbocycles. The molecule has 35 heavy (non-hydrogen) atoms. The maximum absolute atomic E-state index is 9.52. The normalized spacial score (nSPS) is 24.5. The van der Waals surface area contributed by atoms with E-state index in [4.69, 9.17) is 9.41 Å². The lowest BCUT2D eigenvalue weighted by Crippen LogP contribution is -2.44. The smallest absolute Gasteiger partial charge is 0.192 e. The second-order valence-electron chi connectivity index (χ2n) is 11.9. The summed E-state index contributed by atoms with van der Waals surface area (Å²) in [4.78, 5) is 4.73. The first-order chi connectivity index (χ1) is 16.7. The predicted octanol–water partition coefficient (Wildman–Crippen LogP) is 7.39. The molecule has 4 atom stereocenters. The number of rotatable bonds is 6. The monoisotopic (exact) mass is 486 g/mol. The van der Waals surface area contributed by atoms with Crippen LogP contribution < -0.4 is 5.32 Å². The summed E-state index contributed by atoms with van der Waals surface area (Å²) in [5, 5.41) is 14.6. The van der Waals surface area contributed by atoms with Crippen molar-refractivity contribution in [2.24, 2.45) is 5.92 Å². The fourth-order valence-electron chi connectivity index (χ4n) is 5.71. The molecule has 3 aromatic rings. The summed E-state index contributed by atoms with van der Waals surface area (Å²) >= 11 is 0. The molecule has 0 aliphatic heterocycles. The molecule has 2 heterocycles.